The van der Waals surface area contributed by atoms with Gasteiger partial charge in [0.1, 0.15) is 16.1 Å². The number of ether oxygens (including phenoxy) is 2. The van der Waals surface area contributed by atoms with E-state index in [4.69, 9.17) is 17.0 Å². The Morgan fingerprint density at radius 3 is 2.68 bits per heavy atom. The molecule has 0 spiro atoms. The number of esters is 1. The van der Waals surface area contributed by atoms with Crippen molar-refractivity contribution in [2.24, 2.45) is 0 Å². The maximum Gasteiger partial charge on any atom is 0.328 e. The summed E-state index contributed by atoms with van der Waals surface area (Å²) in [6.07, 6.45) is 1.71. The molecule has 0 aliphatic carbocycles. The van der Waals surface area contributed by atoms with Gasteiger partial charge in [0, 0.05) is 5.56 Å². The van der Waals surface area contributed by atoms with Crippen molar-refractivity contribution in [3.05, 3.63) is 34.7 Å². The third kappa shape index (κ3) is 3.15. The van der Waals surface area contributed by atoms with Gasteiger partial charge >= 0.3 is 5.97 Å². The highest BCUT2D eigenvalue weighted by atomic mass is 32.2. The molecule has 0 saturated carbocycles. The maximum absolute atomic E-state index is 12.5. The van der Waals surface area contributed by atoms with Gasteiger partial charge in [-0.2, -0.15) is 0 Å². The van der Waals surface area contributed by atoms with Gasteiger partial charge in [-0.3, -0.25) is 9.69 Å². The van der Waals surface area contributed by atoms with Crippen molar-refractivity contribution in [3.63, 3.8) is 0 Å². The number of thioether (sulfide) groups is 1. The van der Waals surface area contributed by atoms with Crippen LogP contribution in [0.4, 0.5) is 0 Å². The molecule has 1 heterocycles. The average molecular weight is 337 g/mol. The molecule has 116 valence electrons. The van der Waals surface area contributed by atoms with Crippen LogP contribution in [0, 0.1) is 0 Å². The molecule has 0 radical (unpaired) electrons. The number of para-hydroxylation sites is 1. The molecule has 1 atom stereocenters. The monoisotopic (exact) mass is 337 g/mol. The van der Waals surface area contributed by atoms with Crippen molar-refractivity contribution >= 4 is 46.3 Å². The first-order valence-electron chi connectivity index (χ1n) is 6.47. The summed E-state index contributed by atoms with van der Waals surface area (Å²) in [6, 6.07) is 6.60. The Kier molecular flexibility index (Phi) is 5.20. The molecular weight excluding hydrogens is 322 g/mol. The lowest BCUT2D eigenvalue weighted by Crippen LogP contribution is -2.42. The summed E-state index contributed by atoms with van der Waals surface area (Å²) in [5, 5.41) is 0. The van der Waals surface area contributed by atoms with E-state index in [1.807, 2.05) is 24.3 Å². The van der Waals surface area contributed by atoms with Crippen LogP contribution in [0.2, 0.25) is 0 Å². The Hall–Kier alpha value is -1.86. The molecule has 7 heteroatoms. The minimum atomic E-state index is -0.749. The number of nitrogens with zero attached hydrogens (tertiary/aromatic N) is 1. The van der Waals surface area contributed by atoms with E-state index in [9.17, 15) is 9.59 Å². The van der Waals surface area contributed by atoms with Crippen LogP contribution in [-0.4, -0.2) is 41.4 Å². The number of carbonyl (C=O) groups is 2. The van der Waals surface area contributed by atoms with Crippen molar-refractivity contribution < 1.29 is 19.1 Å². The predicted octanol–water partition coefficient (Wildman–Crippen LogP) is 2.46. The van der Waals surface area contributed by atoms with E-state index in [1.165, 1.54) is 12.0 Å². The van der Waals surface area contributed by atoms with E-state index < -0.39 is 12.0 Å². The molecule has 1 aromatic carbocycles. The molecule has 1 aromatic rings. The largest absolute Gasteiger partial charge is 0.496 e. The molecule has 1 fully saturated rings. The summed E-state index contributed by atoms with van der Waals surface area (Å²) >= 11 is 6.36. The maximum atomic E-state index is 12.5. The number of rotatable bonds is 4. The van der Waals surface area contributed by atoms with Crippen LogP contribution in [0.1, 0.15) is 12.5 Å². The summed E-state index contributed by atoms with van der Waals surface area (Å²) < 4.78 is 10.3. The Labute approximate surface area is 138 Å². The topological polar surface area (TPSA) is 55.8 Å². The standard InChI is InChI=1S/C15H15NO4S2/c1-9(14(18)20-3)16-13(17)12(22-15(16)21)8-10-6-4-5-7-11(10)19-2/h4-9H,1-3H3/b12-8-/t9-/m1/s1. The van der Waals surface area contributed by atoms with Crippen molar-refractivity contribution in [1.29, 1.82) is 0 Å². The summed E-state index contributed by atoms with van der Waals surface area (Å²) in [4.78, 5) is 25.8. The van der Waals surface area contributed by atoms with Crippen LogP contribution >= 0.6 is 24.0 Å². The molecule has 0 unspecified atom stereocenters. The quantitative estimate of drug-likeness (QED) is 0.478. The number of thiocarbonyl (C=S) groups is 1. The van der Waals surface area contributed by atoms with Crippen LogP contribution in [0.5, 0.6) is 5.75 Å². The molecule has 22 heavy (non-hydrogen) atoms. The van der Waals surface area contributed by atoms with E-state index >= 15 is 0 Å². The summed E-state index contributed by atoms with van der Waals surface area (Å²) in [5.74, 6) is -0.151. The molecule has 2 rings (SSSR count). The molecule has 5 nitrogen and oxygen atoms in total. The number of hydrogen-bond acceptors (Lipinski definition) is 6. The number of methoxy groups -OCH3 is 2. The first kappa shape index (κ1) is 16.5. The second-order valence-electron chi connectivity index (χ2n) is 4.49. The molecular formula is C15H15NO4S2. The van der Waals surface area contributed by atoms with Gasteiger partial charge in [-0.05, 0) is 19.1 Å². The Morgan fingerprint density at radius 2 is 2.05 bits per heavy atom. The predicted molar refractivity (Wildman–Crippen MR) is 89.5 cm³/mol. The zero-order chi connectivity index (χ0) is 16.3. The fourth-order valence-corrected chi connectivity index (χ4v) is 3.43. The number of hydrogen-bond donors (Lipinski definition) is 0. The van der Waals surface area contributed by atoms with Gasteiger partial charge in [0.2, 0.25) is 0 Å². The van der Waals surface area contributed by atoms with E-state index in [-0.39, 0.29) is 5.91 Å². The molecule has 1 saturated heterocycles. The second-order valence-corrected chi connectivity index (χ2v) is 6.17. The highest BCUT2D eigenvalue weighted by molar-refractivity contribution is 8.26. The summed E-state index contributed by atoms with van der Waals surface area (Å²) in [7, 11) is 2.85. The van der Waals surface area contributed by atoms with E-state index in [0.29, 0.717) is 15.0 Å². The van der Waals surface area contributed by atoms with Gasteiger partial charge in [-0.1, -0.05) is 42.2 Å². The van der Waals surface area contributed by atoms with Crippen LogP contribution in [0.25, 0.3) is 6.08 Å². The molecule has 0 aromatic heterocycles. The second kappa shape index (κ2) is 6.93. The van der Waals surface area contributed by atoms with Crippen molar-refractivity contribution in [2.75, 3.05) is 14.2 Å². The first-order valence-corrected chi connectivity index (χ1v) is 7.70. The van der Waals surface area contributed by atoms with Gasteiger partial charge < -0.3 is 9.47 Å². The van der Waals surface area contributed by atoms with E-state index in [2.05, 4.69) is 4.74 Å². The smallest absolute Gasteiger partial charge is 0.328 e. The fourth-order valence-electron chi connectivity index (χ4n) is 2.02. The van der Waals surface area contributed by atoms with E-state index in [0.717, 1.165) is 17.3 Å². The molecule has 1 amide bonds. The van der Waals surface area contributed by atoms with Crippen LogP contribution in [-0.2, 0) is 14.3 Å². The SMILES string of the molecule is COC(=O)[C@@H](C)N1C(=O)/C(=C/c2ccccc2OC)SC1=S. The van der Waals surface area contributed by atoms with Crippen LogP contribution < -0.4 is 4.74 Å². The van der Waals surface area contributed by atoms with Crippen LogP contribution in [0.15, 0.2) is 29.2 Å². The Bertz CT molecular complexity index is 657. The number of carbonyl (C=O) groups excluding carboxylic acids is 2. The van der Waals surface area contributed by atoms with Gasteiger partial charge in [-0.15, -0.1) is 0 Å². The Balaban J connectivity index is 2.32. The fraction of sp³-hybridized carbons (Fsp3) is 0.267. The first-order chi connectivity index (χ1) is 10.5. The van der Waals surface area contributed by atoms with Gasteiger partial charge in [0.15, 0.2) is 0 Å². The normalized spacial score (nSPS) is 17.8. The molecule has 1 aliphatic rings. The lowest BCUT2D eigenvalue weighted by Gasteiger charge is -2.20. The molecule has 0 bridgehead atoms. The van der Waals surface area contributed by atoms with Crippen molar-refractivity contribution in [3.8, 4) is 5.75 Å². The number of amides is 1. The molecule has 0 N–H and O–H groups in total. The third-order valence-corrected chi connectivity index (χ3v) is 4.51. The number of benzene rings is 1. The highest BCUT2D eigenvalue weighted by Gasteiger charge is 2.38. The average Bonchev–Trinajstić information content (AvgIpc) is 2.80. The molecule has 1 aliphatic heterocycles. The summed E-state index contributed by atoms with van der Waals surface area (Å²) in [5.41, 5.74) is 0.774. The highest BCUT2D eigenvalue weighted by Crippen LogP contribution is 2.35. The van der Waals surface area contributed by atoms with Gasteiger partial charge in [0.05, 0.1) is 19.1 Å². The third-order valence-electron chi connectivity index (χ3n) is 3.18. The zero-order valence-corrected chi connectivity index (χ0v) is 14.0. The van der Waals surface area contributed by atoms with Crippen LogP contribution in [0.3, 0.4) is 0 Å². The van der Waals surface area contributed by atoms with Gasteiger partial charge in [0.25, 0.3) is 5.91 Å². The lowest BCUT2D eigenvalue weighted by molar-refractivity contribution is -0.147. The zero-order valence-electron chi connectivity index (χ0n) is 12.4. The van der Waals surface area contributed by atoms with Crippen molar-refractivity contribution in [2.45, 2.75) is 13.0 Å². The van der Waals surface area contributed by atoms with Crippen molar-refractivity contribution in [1.82, 2.24) is 4.90 Å². The van der Waals surface area contributed by atoms with Gasteiger partial charge in [-0.25, -0.2) is 4.79 Å². The Morgan fingerprint density at radius 1 is 1.36 bits per heavy atom. The minimum Gasteiger partial charge on any atom is -0.496 e. The lowest BCUT2D eigenvalue weighted by atomic mass is 10.2. The minimum absolute atomic E-state index is 0.307. The summed E-state index contributed by atoms with van der Waals surface area (Å²) in [6.45, 7) is 1.59. The van der Waals surface area contributed by atoms with E-state index in [1.54, 1.807) is 20.1 Å².